The Hall–Kier alpha value is -2.10. The summed E-state index contributed by atoms with van der Waals surface area (Å²) in [5.74, 6) is 0. The van der Waals surface area contributed by atoms with Gasteiger partial charge in [-0.05, 0) is 34.4 Å². The van der Waals surface area contributed by atoms with Gasteiger partial charge in [-0.15, -0.1) is 0 Å². The molecule has 3 nitrogen and oxygen atoms in total. The number of rotatable bonds is 6. The zero-order valence-corrected chi connectivity index (χ0v) is 11.2. The Labute approximate surface area is 118 Å². The minimum absolute atomic E-state index is 0.0414. The second kappa shape index (κ2) is 7.48. The van der Waals surface area contributed by atoms with E-state index in [1.54, 1.807) is 6.26 Å². The van der Waals surface area contributed by atoms with E-state index in [9.17, 15) is 0 Å². The number of ether oxygens (including phenoxy) is 1. The predicted octanol–water partition coefficient (Wildman–Crippen LogP) is 2.86. The summed E-state index contributed by atoms with van der Waals surface area (Å²) in [6, 6.07) is 15.3. The van der Waals surface area contributed by atoms with Gasteiger partial charge in [0.2, 0.25) is 0 Å². The lowest BCUT2D eigenvalue weighted by Gasteiger charge is -2.03. The summed E-state index contributed by atoms with van der Waals surface area (Å²) in [6.07, 6.45) is 3.51. The lowest BCUT2D eigenvalue weighted by Crippen LogP contribution is -1.88. The Morgan fingerprint density at radius 2 is 1.55 bits per heavy atom. The van der Waals surface area contributed by atoms with Crippen LogP contribution in [0.25, 0.3) is 6.08 Å². The molecule has 2 rings (SSSR count). The first-order valence-electron chi connectivity index (χ1n) is 6.48. The first-order valence-corrected chi connectivity index (χ1v) is 6.48. The second-order valence-corrected chi connectivity index (χ2v) is 4.49. The first kappa shape index (κ1) is 14.3. The normalized spacial score (nSPS) is 10.9. The molecule has 2 N–H and O–H groups in total. The van der Waals surface area contributed by atoms with Gasteiger partial charge >= 0.3 is 0 Å². The minimum atomic E-state index is 0.0414. The quantitative estimate of drug-likeness (QED) is 0.794. The Kier molecular flexibility index (Phi) is 5.35. The van der Waals surface area contributed by atoms with Crippen molar-refractivity contribution >= 4 is 6.08 Å². The van der Waals surface area contributed by atoms with Gasteiger partial charge in [-0.3, -0.25) is 0 Å². The highest BCUT2D eigenvalue weighted by Crippen LogP contribution is 2.09. The van der Waals surface area contributed by atoms with Crippen molar-refractivity contribution in [2.45, 2.75) is 19.8 Å². The summed E-state index contributed by atoms with van der Waals surface area (Å²) < 4.78 is 5.47. The molecule has 0 aromatic heterocycles. The van der Waals surface area contributed by atoms with Gasteiger partial charge in [0.25, 0.3) is 0 Å². The standard InChI is InChI=1S/C17H18O3/c18-11-15-4-6-16(7-5-15)13-20-9-8-14-2-1-3-17(10-14)12-19/h1-10,18-19H,11-13H2. The molecule has 0 heterocycles. The number of hydrogen-bond donors (Lipinski definition) is 2. The molecule has 0 radical (unpaired) electrons. The van der Waals surface area contributed by atoms with Crippen molar-refractivity contribution < 1.29 is 14.9 Å². The van der Waals surface area contributed by atoms with Crippen LogP contribution < -0.4 is 0 Å². The fourth-order valence-corrected chi connectivity index (χ4v) is 1.81. The van der Waals surface area contributed by atoms with Crippen LogP contribution in [-0.4, -0.2) is 10.2 Å². The fraction of sp³-hybridized carbons (Fsp3) is 0.176. The molecule has 20 heavy (non-hydrogen) atoms. The summed E-state index contributed by atoms with van der Waals surface area (Å²) >= 11 is 0. The van der Waals surface area contributed by atoms with Crippen molar-refractivity contribution in [3.8, 4) is 0 Å². The molecule has 0 aliphatic carbocycles. The van der Waals surface area contributed by atoms with Gasteiger partial charge in [-0.2, -0.15) is 0 Å². The van der Waals surface area contributed by atoms with Gasteiger partial charge in [0, 0.05) is 0 Å². The highest BCUT2D eigenvalue weighted by Gasteiger charge is 1.94. The third-order valence-electron chi connectivity index (χ3n) is 2.95. The topological polar surface area (TPSA) is 49.7 Å². The Morgan fingerprint density at radius 3 is 2.25 bits per heavy atom. The Bertz CT molecular complexity index is 559. The molecule has 0 fully saturated rings. The Balaban J connectivity index is 1.86. The SMILES string of the molecule is OCc1ccc(COC=Cc2cccc(CO)c2)cc1. The maximum Gasteiger partial charge on any atom is 0.112 e. The number of aliphatic hydroxyl groups is 2. The summed E-state index contributed by atoms with van der Waals surface area (Å²) in [7, 11) is 0. The number of hydrogen-bond acceptors (Lipinski definition) is 3. The van der Waals surface area contributed by atoms with E-state index in [-0.39, 0.29) is 13.2 Å². The van der Waals surface area contributed by atoms with Gasteiger partial charge in [-0.25, -0.2) is 0 Å². The van der Waals surface area contributed by atoms with Crippen LogP contribution in [-0.2, 0) is 24.6 Å². The minimum Gasteiger partial charge on any atom is -0.496 e. The smallest absolute Gasteiger partial charge is 0.112 e. The second-order valence-electron chi connectivity index (χ2n) is 4.49. The van der Waals surface area contributed by atoms with Crippen molar-refractivity contribution in [1.82, 2.24) is 0 Å². The third kappa shape index (κ3) is 4.23. The molecule has 0 amide bonds. The summed E-state index contributed by atoms with van der Waals surface area (Å²) in [4.78, 5) is 0. The van der Waals surface area contributed by atoms with Crippen molar-refractivity contribution in [1.29, 1.82) is 0 Å². The van der Waals surface area contributed by atoms with Crippen LogP contribution in [0.2, 0.25) is 0 Å². The lowest BCUT2D eigenvalue weighted by molar-refractivity contribution is 0.238. The molecule has 2 aromatic rings. The van der Waals surface area contributed by atoms with Crippen LogP contribution in [0.15, 0.2) is 54.8 Å². The first-order chi connectivity index (χ1) is 9.81. The van der Waals surface area contributed by atoms with Crippen molar-refractivity contribution in [2.24, 2.45) is 0 Å². The highest BCUT2D eigenvalue weighted by molar-refractivity contribution is 5.49. The molecule has 0 aliphatic rings. The van der Waals surface area contributed by atoms with E-state index in [4.69, 9.17) is 14.9 Å². The maximum atomic E-state index is 9.05. The predicted molar refractivity (Wildman–Crippen MR) is 78.6 cm³/mol. The van der Waals surface area contributed by atoms with Gasteiger partial charge in [0.1, 0.15) is 6.61 Å². The molecule has 2 aromatic carbocycles. The molecule has 0 unspecified atom stereocenters. The molecule has 0 spiro atoms. The van der Waals surface area contributed by atoms with Crippen molar-refractivity contribution in [2.75, 3.05) is 0 Å². The summed E-state index contributed by atoms with van der Waals surface area (Å²) in [6.45, 7) is 0.587. The molecular formula is C17H18O3. The van der Waals surface area contributed by atoms with Gasteiger partial charge in [0.05, 0.1) is 19.5 Å². The van der Waals surface area contributed by atoms with Crippen LogP contribution in [0.4, 0.5) is 0 Å². The fourth-order valence-electron chi connectivity index (χ4n) is 1.81. The zero-order chi connectivity index (χ0) is 14.2. The summed E-state index contributed by atoms with van der Waals surface area (Å²) in [5.41, 5.74) is 3.82. The molecule has 0 atom stereocenters. The average molecular weight is 270 g/mol. The lowest BCUT2D eigenvalue weighted by atomic mass is 10.1. The largest absolute Gasteiger partial charge is 0.496 e. The molecule has 0 aliphatic heterocycles. The monoisotopic (exact) mass is 270 g/mol. The van der Waals surface area contributed by atoms with Crippen molar-refractivity contribution in [3.63, 3.8) is 0 Å². The van der Waals surface area contributed by atoms with Crippen LogP contribution >= 0.6 is 0 Å². The van der Waals surface area contributed by atoms with Gasteiger partial charge in [-0.1, -0.05) is 42.5 Å². The van der Waals surface area contributed by atoms with Crippen LogP contribution in [0.3, 0.4) is 0 Å². The Morgan fingerprint density at radius 1 is 0.850 bits per heavy atom. The van der Waals surface area contributed by atoms with Crippen molar-refractivity contribution in [3.05, 3.63) is 77.0 Å². The van der Waals surface area contributed by atoms with Crippen LogP contribution in [0.1, 0.15) is 22.3 Å². The average Bonchev–Trinajstić information content (AvgIpc) is 2.52. The van der Waals surface area contributed by atoms with E-state index in [1.807, 2.05) is 54.6 Å². The van der Waals surface area contributed by atoms with E-state index >= 15 is 0 Å². The molecular weight excluding hydrogens is 252 g/mol. The van der Waals surface area contributed by atoms with E-state index in [1.165, 1.54) is 0 Å². The van der Waals surface area contributed by atoms with E-state index in [0.29, 0.717) is 6.61 Å². The van der Waals surface area contributed by atoms with Gasteiger partial charge < -0.3 is 14.9 Å². The molecule has 0 saturated heterocycles. The van der Waals surface area contributed by atoms with Crippen LogP contribution in [0.5, 0.6) is 0 Å². The van der Waals surface area contributed by atoms with E-state index in [0.717, 1.165) is 22.3 Å². The summed E-state index contributed by atoms with van der Waals surface area (Å²) in [5, 5.41) is 18.0. The zero-order valence-electron chi connectivity index (χ0n) is 11.2. The molecule has 104 valence electrons. The third-order valence-corrected chi connectivity index (χ3v) is 2.95. The van der Waals surface area contributed by atoms with E-state index in [2.05, 4.69) is 0 Å². The van der Waals surface area contributed by atoms with Gasteiger partial charge in [0.15, 0.2) is 0 Å². The highest BCUT2D eigenvalue weighted by atomic mass is 16.5. The number of benzene rings is 2. The maximum absolute atomic E-state index is 9.05. The molecule has 3 heteroatoms. The number of aliphatic hydroxyl groups excluding tert-OH is 2. The molecule has 0 saturated carbocycles. The van der Waals surface area contributed by atoms with E-state index < -0.39 is 0 Å². The van der Waals surface area contributed by atoms with Crippen LogP contribution in [0, 0.1) is 0 Å². The molecule has 0 bridgehead atoms.